The van der Waals surface area contributed by atoms with Gasteiger partial charge in [-0.05, 0) is 5.56 Å². The molecule has 0 unspecified atom stereocenters. The van der Waals surface area contributed by atoms with Crippen LogP contribution in [0.5, 0.6) is 0 Å². The lowest BCUT2D eigenvalue weighted by atomic mass is 9.96. The molecule has 0 radical (unpaired) electrons. The highest BCUT2D eigenvalue weighted by molar-refractivity contribution is 6.16. The Morgan fingerprint density at radius 2 is 1.48 bits per heavy atom. The van der Waals surface area contributed by atoms with Crippen molar-refractivity contribution in [2.75, 3.05) is 5.32 Å². The maximum atomic E-state index is 14.0. The maximum absolute atomic E-state index is 14.0. The van der Waals surface area contributed by atoms with E-state index >= 15 is 0 Å². The molecule has 0 saturated heterocycles. The third kappa shape index (κ3) is 3.49. The summed E-state index contributed by atoms with van der Waals surface area (Å²) in [4.78, 5) is 19.6. The molecule has 1 aliphatic rings. The van der Waals surface area contributed by atoms with E-state index in [2.05, 4.69) is 15.3 Å². The summed E-state index contributed by atoms with van der Waals surface area (Å²) in [6, 6.07) is 16.0. The predicted molar refractivity (Wildman–Crippen MR) is 98.7 cm³/mol. The number of Topliss-reactive ketones (excluding diaryl/α,β-unsaturated/α-hetero) is 1. The summed E-state index contributed by atoms with van der Waals surface area (Å²) in [5.74, 6) is -7.60. The molecule has 2 aromatic carbocycles. The Balaban J connectivity index is 1.84. The first-order valence-corrected chi connectivity index (χ1v) is 8.66. The fourth-order valence-corrected chi connectivity index (χ4v) is 3.15. The number of fused-ring (bicyclic) bond motifs is 1. The summed E-state index contributed by atoms with van der Waals surface area (Å²) in [7, 11) is 0. The number of aromatic nitrogens is 1. The molecule has 0 spiro atoms. The van der Waals surface area contributed by atoms with E-state index in [-0.39, 0.29) is 6.42 Å². The molecule has 2 heterocycles. The van der Waals surface area contributed by atoms with Crippen molar-refractivity contribution in [3.63, 3.8) is 0 Å². The van der Waals surface area contributed by atoms with Crippen LogP contribution in [0.2, 0.25) is 0 Å². The lowest BCUT2D eigenvalue weighted by molar-refractivity contribution is -0.118. The van der Waals surface area contributed by atoms with E-state index in [1.54, 1.807) is 54.6 Å². The number of nitrogens with one attached hydrogen (secondary N) is 1. The van der Waals surface area contributed by atoms with Crippen molar-refractivity contribution < 1.29 is 22.4 Å². The highest BCUT2D eigenvalue weighted by Gasteiger charge is 2.29. The van der Waals surface area contributed by atoms with Crippen molar-refractivity contribution in [2.24, 2.45) is 4.99 Å². The maximum Gasteiger partial charge on any atom is 0.253 e. The number of nitrogens with zero attached hydrogens (tertiary/aromatic N) is 2. The topological polar surface area (TPSA) is 54.4 Å². The summed E-state index contributed by atoms with van der Waals surface area (Å²) in [6.45, 7) is 0. The van der Waals surface area contributed by atoms with Crippen LogP contribution >= 0.6 is 0 Å². The fourth-order valence-electron chi connectivity index (χ4n) is 3.15. The molecule has 0 saturated carbocycles. The Kier molecular flexibility index (Phi) is 4.84. The third-order valence-corrected chi connectivity index (χ3v) is 4.53. The van der Waals surface area contributed by atoms with Gasteiger partial charge < -0.3 is 5.32 Å². The van der Waals surface area contributed by atoms with Crippen LogP contribution in [0.3, 0.4) is 0 Å². The van der Waals surface area contributed by atoms with Crippen molar-refractivity contribution >= 4 is 17.2 Å². The second-order valence-electron chi connectivity index (χ2n) is 6.39. The number of pyridine rings is 1. The van der Waals surface area contributed by atoms with Gasteiger partial charge in [0.2, 0.25) is 11.6 Å². The minimum absolute atomic E-state index is 0.0764. The quantitative estimate of drug-likeness (QED) is 0.534. The highest BCUT2D eigenvalue weighted by atomic mass is 19.2. The minimum atomic E-state index is -1.82. The van der Waals surface area contributed by atoms with Crippen molar-refractivity contribution in [3.05, 3.63) is 94.8 Å². The molecular formula is C21H13F4N3O. The number of rotatable bonds is 3. The second kappa shape index (κ2) is 7.46. The van der Waals surface area contributed by atoms with Crippen molar-refractivity contribution in [1.82, 2.24) is 4.98 Å². The monoisotopic (exact) mass is 399 g/mol. The SMILES string of the molecule is O=C1Cc2ccccc2C(c2ccccc2)=N[C@H]1Nc1c(F)c(F)nc(F)c1F. The molecule has 0 aliphatic carbocycles. The molecule has 8 heteroatoms. The van der Waals surface area contributed by atoms with E-state index in [0.29, 0.717) is 22.4 Å². The first-order valence-electron chi connectivity index (χ1n) is 8.66. The van der Waals surface area contributed by atoms with Gasteiger partial charge in [-0.25, -0.2) is 0 Å². The summed E-state index contributed by atoms with van der Waals surface area (Å²) in [5, 5.41) is 2.22. The normalized spacial score (nSPS) is 16.1. The van der Waals surface area contributed by atoms with E-state index < -0.39 is 41.2 Å². The van der Waals surface area contributed by atoms with Gasteiger partial charge in [-0.2, -0.15) is 22.5 Å². The number of hydrogen-bond acceptors (Lipinski definition) is 4. The molecule has 0 amide bonds. The van der Waals surface area contributed by atoms with Crippen LogP contribution in [0.25, 0.3) is 0 Å². The molecule has 29 heavy (non-hydrogen) atoms. The van der Waals surface area contributed by atoms with Gasteiger partial charge in [-0.15, -0.1) is 0 Å². The van der Waals surface area contributed by atoms with E-state index in [9.17, 15) is 22.4 Å². The molecule has 4 rings (SSSR count). The number of ketones is 1. The molecule has 3 aromatic rings. The summed E-state index contributed by atoms with van der Waals surface area (Å²) in [6.07, 6.45) is -1.53. The lowest BCUT2D eigenvalue weighted by Gasteiger charge is -2.16. The molecule has 1 aliphatic heterocycles. The van der Waals surface area contributed by atoms with E-state index in [1.807, 2.05) is 0 Å². The number of halogens is 4. The van der Waals surface area contributed by atoms with Crippen molar-refractivity contribution in [1.29, 1.82) is 0 Å². The molecule has 1 aromatic heterocycles. The van der Waals surface area contributed by atoms with E-state index in [1.165, 1.54) is 0 Å². The number of hydrogen-bond donors (Lipinski definition) is 1. The van der Waals surface area contributed by atoms with Crippen LogP contribution in [-0.2, 0) is 11.2 Å². The standard InChI is InChI=1S/C21H13F4N3O/c22-15-18(16(23)20(25)28-19(15)24)27-21-14(29)10-12-8-4-5-9-13(12)17(26-21)11-6-2-1-3-7-11/h1-9,21H,10H2,(H,27,28)/t21-/m0/s1. The summed E-state index contributed by atoms with van der Waals surface area (Å²) >= 11 is 0. The average molecular weight is 399 g/mol. The Morgan fingerprint density at radius 1 is 0.862 bits per heavy atom. The van der Waals surface area contributed by atoms with E-state index in [0.717, 1.165) is 0 Å². The van der Waals surface area contributed by atoms with Gasteiger partial charge in [-0.1, -0.05) is 54.6 Å². The Hall–Kier alpha value is -3.55. The van der Waals surface area contributed by atoms with Gasteiger partial charge in [-0.3, -0.25) is 9.79 Å². The average Bonchev–Trinajstić information content (AvgIpc) is 2.86. The number of carbonyl (C=O) groups is 1. The molecule has 146 valence electrons. The molecule has 4 nitrogen and oxygen atoms in total. The zero-order valence-corrected chi connectivity index (χ0v) is 14.8. The third-order valence-electron chi connectivity index (χ3n) is 4.53. The van der Waals surface area contributed by atoms with Crippen LogP contribution in [0.15, 0.2) is 59.6 Å². The smallest absolute Gasteiger partial charge is 0.253 e. The first-order chi connectivity index (χ1) is 14.0. The van der Waals surface area contributed by atoms with Gasteiger partial charge >= 0.3 is 0 Å². The van der Waals surface area contributed by atoms with Gasteiger partial charge in [0.1, 0.15) is 5.69 Å². The lowest BCUT2D eigenvalue weighted by Crippen LogP contribution is -2.30. The van der Waals surface area contributed by atoms with Gasteiger partial charge in [0.25, 0.3) is 11.9 Å². The molecular weight excluding hydrogens is 386 g/mol. The second-order valence-corrected chi connectivity index (χ2v) is 6.39. The molecule has 0 bridgehead atoms. The van der Waals surface area contributed by atoms with Gasteiger partial charge in [0, 0.05) is 17.5 Å². The number of benzene rings is 2. The predicted octanol–water partition coefficient (Wildman–Crippen LogP) is 4.04. The zero-order chi connectivity index (χ0) is 20.5. The number of anilines is 1. The zero-order valence-electron chi connectivity index (χ0n) is 14.8. The molecule has 1 atom stereocenters. The molecule has 1 N–H and O–H groups in total. The van der Waals surface area contributed by atoms with Crippen LogP contribution in [0.1, 0.15) is 16.7 Å². The Labute approximate surface area is 162 Å². The highest BCUT2D eigenvalue weighted by Crippen LogP contribution is 2.26. The van der Waals surface area contributed by atoms with Gasteiger partial charge in [0.05, 0.1) is 5.71 Å². The van der Waals surface area contributed by atoms with Crippen LogP contribution in [0, 0.1) is 23.5 Å². The van der Waals surface area contributed by atoms with Crippen molar-refractivity contribution in [2.45, 2.75) is 12.6 Å². The summed E-state index contributed by atoms with van der Waals surface area (Å²) in [5.41, 5.74) is 1.33. The summed E-state index contributed by atoms with van der Waals surface area (Å²) < 4.78 is 55.0. The van der Waals surface area contributed by atoms with Crippen LogP contribution in [0.4, 0.5) is 23.2 Å². The number of aliphatic imine (C=N–C) groups is 1. The largest absolute Gasteiger partial charge is 0.353 e. The fraction of sp³-hybridized carbons (Fsp3) is 0.0952. The minimum Gasteiger partial charge on any atom is -0.353 e. The van der Waals surface area contributed by atoms with Crippen LogP contribution < -0.4 is 5.32 Å². The van der Waals surface area contributed by atoms with Gasteiger partial charge in [0.15, 0.2) is 11.9 Å². The van der Waals surface area contributed by atoms with Crippen LogP contribution in [-0.4, -0.2) is 22.6 Å². The Morgan fingerprint density at radius 3 is 2.17 bits per heavy atom. The van der Waals surface area contributed by atoms with E-state index in [4.69, 9.17) is 0 Å². The number of carbonyl (C=O) groups excluding carboxylic acids is 1. The van der Waals surface area contributed by atoms with Crippen molar-refractivity contribution in [3.8, 4) is 0 Å². The Bertz CT molecular complexity index is 1110. The molecule has 0 fully saturated rings. The first kappa shape index (κ1) is 18.8.